The summed E-state index contributed by atoms with van der Waals surface area (Å²) in [5.74, 6) is -0.765. The van der Waals surface area contributed by atoms with E-state index in [9.17, 15) is 9.18 Å². The topological polar surface area (TPSA) is 52.3 Å². The molecule has 82 valence electrons. The number of halogens is 1. The van der Waals surface area contributed by atoms with E-state index in [4.69, 9.17) is 5.73 Å². The van der Waals surface area contributed by atoms with Gasteiger partial charge in [-0.15, -0.1) is 0 Å². The monoisotopic (exact) mass is 211 g/mol. The Hall–Kier alpha value is -1.42. The Morgan fingerprint density at radius 1 is 1.53 bits per heavy atom. The fraction of sp³-hybridized carbons (Fsp3) is 0.364. The van der Waals surface area contributed by atoms with Crippen molar-refractivity contribution in [1.82, 2.24) is 0 Å². The molecule has 0 aliphatic carbocycles. The smallest absolute Gasteiger partial charge is 0.333 e. The minimum atomic E-state index is -1.69. The van der Waals surface area contributed by atoms with E-state index in [1.807, 2.05) is 0 Å². The van der Waals surface area contributed by atoms with Gasteiger partial charge in [-0.05, 0) is 18.1 Å². The van der Waals surface area contributed by atoms with Crippen LogP contribution in [-0.2, 0) is 15.1 Å². The van der Waals surface area contributed by atoms with Crippen LogP contribution in [0.2, 0.25) is 0 Å². The van der Waals surface area contributed by atoms with E-state index >= 15 is 0 Å². The molecule has 0 bridgehead atoms. The lowest BCUT2D eigenvalue weighted by molar-refractivity contribution is -0.148. The second-order valence-corrected chi connectivity index (χ2v) is 3.41. The van der Waals surface area contributed by atoms with Gasteiger partial charge >= 0.3 is 5.97 Å². The van der Waals surface area contributed by atoms with Gasteiger partial charge in [-0.2, -0.15) is 0 Å². The van der Waals surface area contributed by atoms with Crippen molar-refractivity contribution in [2.75, 3.05) is 13.8 Å². The summed E-state index contributed by atoms with van der Waals surface area (Å²) in [7, 11) is 1.19. The number of hydrogen-bond donors (Lipinski definition) is 1. The van der Waals surface area contributed by atoms with Gasteiger partial charge in [0, 0.05) is 0 Å². The first-order valence-electron chi connectivity index (χ1n) is 4.55. The van der Waals surface area contributed by atoms with E-state index in [0.29, 0.717) is 5.56 Å². The Balaban J connectivity index is 3.23. The maximum absolute atomic E-state index is 12.9. The summed E-state index contributed by atoms with van der Waals surface area (Å²) >= 11 is 0. The van der Waals surface area contributed by atoms with Gasteiger partial charge in [-0.25, -0.2) is 9.18 Å². The molecule has 0 saturated heterocycles. The number of benzene rings is 1. The summed E-state index contributed by atoms with van der Waals surface area (Å²) in [6, 6.07) is 6.92. The predicted molar refractivity (Wildman–Crippen MR) is 55.0 cm³/mol. The zero-order valence-electron chi connectivity index (χ0n) is 8.79. The van der Waals surface area contributed by atoms with Crippen LogP contribution in [0.25, 0.3) is 0 Å². The van der Waals surface area contributed by atoms with Crippen LogP contribution < -0.4 is 5.73 Å². The largest absolute Gasteiger partial charge is 0.467 e. The quantitative estimate of drug-likeness (QED) is 0.766. The first kappa shape index (κ1) is 11.7. The maximum atomic E-state index is 12.9. The lowest BCUT2D eigenvalue weighted by Gasteiger charge is -2.25. The molecule has 15 heavy (non-hydrogen) atoms. The van der Waals surface area contributed by atoms with Crippen molar-refractivity contribution >= 4 is 5.97 Å². The highest BCUT2D eigenvalue weighted by atomic mass is 19.1. The molecule has 0 amide bonds. The fourth-order valence-corrected chi connectivity index (χ4v) is 1.49. The summed E-state index contributed by atoms with van der Waals surface area (Å²) in [5.41, 5.74) is 5.25. The molecule has 0 aromatic heterocycles. The molecule has 0 aliphatic rings. The number of esters is 1. The van der Waals surface area contributed by atoms with E-state index in [1.54, 1.807) is 31.2 Å². The van der Waals surface area contributed by atoms with Crippen LogP contribution in [0.3, 0.4) is 0 Å². The van der Waals surface area contributed by atoms with Crippen molar-refractivity contribution in [2.24, 2.45) is 5.73 Å². The van der Waals surface area contributed by atoms with Crippen LogP contribution in [0.1, 0.15) is 11.1 Å². The molecule has 3 nitrogen and oxygen atoms in total. The van der Waals surface area contributed by atoms with Gasteiger partial charge in [0.05, 0.1) is 7.11 Å². The Labute approximate surface area is 88.0 Å². The number of carbonyl (C=O) groups is 1. The molecule has 0 saturated carbocycles. The molecule has 1 unspecified atom stereocenters. The summed E-state index contributed by atoms with van der Waals surface area (Å²) in [5, 5.41) is 0. The molecule has 1 atom stereocenters. The molecule has 1 aromatic rings. The maximum Gasteiger partial charge on any atom is 0.333 e. The highest BCUT2D eigenvalue weighted by Gasteiger charge is 2.38. The molecule has 1 aromatic carbocycles. The SMILES string of the molecule is COC(=O)C(N)(CF)c1ccccc1C. The van der Waals surface area contributed by atoms with Crippen LogP contribution in [0.15, 0.2) is 24.3 Å². The first-order valence-corrected chi connectivity index (χ1v) is 4.55. The predicted octanol–water partition coefficient (Wildman–Crippen LogP) is 1.29. The minimum absolute atomic E-state index is 0.458. The molecule has 0 radical (unpaired) electrons. The Morgan fingerprint density at radius 3 is 2.60 bits per heavy atom. The Kier molecular flexibility index (Phi) is 3.42. The standard InChI is InChI=1S/C11H14FNO2/c1-8-5-3-4-6-9(8)11(13,7-12)10(14)15-2/h3-6H,7,13H2,1-2H3. The first-order chi connectivity index (χ1) is 7.06. The second-order valence-electron chi connectivity index (χ2n) is 3.41. The summed E-state index contributed by atoms with van der Waals surface area (Å²) in [4.78, 5) is 11.4. The minimum Gasteiger partial charge on any atom is -0.467 e. The van der Waals surface area contributed by atoms with E-state index in [0.717, 1.165) is 5.56 Å². The van der Waals surface area contributed by atoms with Crippen molar-refractivity contribution in [3.05, 3.63) is 35.4 Å². The molecule has 1 rings (SSSR count). The molecule has 0 heterocycles. The number of carbonyl (C=O) groups excluding carboxylic acids is 1. The molecule has 0 spiro atoms. The summed E-state index contributed by atoms with van der Waals surface area (Å²) in [6.45, 7) is 0.792. The van der Waals surface area contributed by atoms with Gasteiger partial charge in [0.1, 0.15) is 6.67 Å². The van der Waals surface area contributed by atoms with Crippen LogP contribution in [0.4, 0.5) is 4.39 Å². The van der Waals surface area contributed by atoms with Crippen LogP contribution in [-0.4, -0.2) is 19.8 Å². The van der Waals surface area contributed by atoms with E-state index in [1.165, 1.54) is 7.11 Å². The molecule has 4 heteroatoms. The number of alkyl halides is 1. The lowest BCUT2D eigenvalue weighted by atomic mass is 9.89. The second kappa shape index (κ2) is 4.40. The van der Waals surface area contributed by atoms with Crippen molar-refractivity contribution < 1.29 is 13.9 Å². The number of aryl methyl sites for hydroxylation is 1. The van der Waals surface area contributed by atoms with Gasteiger partial charge in [0.25, 0.3) is 0 Å². The average molecular weight is 211 g/mol. The number of ether oxygens (including phenoxy) is 1. The van der Waals surface area contributed by atoms with E-state index in [2.05, 4.69) is 4.74 Å². The summed E-state index contributed by atoms with van der Waals surface area (Å²) < 4.78 is 17.4. The number of hydrogen-bond acceptors (Lipinski definition) is 3. The van der Waals surface area contributed by atoms with Crippen LogP contribution >= 0.6 is 0 Å². The number of rotatable bonds is 3. The van der Waals surface area contributed by atoms with E-state index < -0.39 is 18.2 Å². The normalized spacial score (nSPS) is 14.4. The number of nitrogens with two attached hydrogens (primary N) is 1. The molecular formula is C11H14FNO2. The van der Waals surface area contributed by atoms with Gasteiger partial charge in [0.2, 0.25) is 0 Å². The molecule has 0 aliphatic heterocycles. The highest BCUT2D eigenvalue weighted by molar-refractivity contribution is 5.83. The van der Waals surface area contributed by atoms with Crippen LogP contribution in [0.5, 0.6) is 0 Å². The van der Waals surface area contributed by atoms with Crippen molar-refractivity contribution in [3.63, 3.8) is 0 Å². The van der Waals surface area contributed by atoms with Crippen molar-refractivity contribution in [2.45, 2.75) is 12.5 Å². The number of methoxy groups -OCH3 is 1. The van der Waals surface area contributed by atoms with Crippen molar-refractivity contribution in [1.29, 1.82) is 0 Å². The zero-order chi connectivity index (χ0) is 11.5. The fourth-order valence-electron chi connectivity index (χ4n) is 1.49. The summed E-state index contributed by atoms with van der Waals surface area (Å²) in [6.07, 6.45) is 0. The molecule has 0 fully saturated rings. The third-order valence-corrected chi connectivity index (χ3v) is 2.39. The third-order valence-electron chi connectivity index (χ3n) is 2.39. The third kappa shape index (κ3) is 1.99. The highest BCUT2D eigenvalue weighted by Crippen LogP contribution is 2.23. The lowest BCUT2D eigenvalue weighted by Crippen LogP contribution is -2.48. The van der Waals surface area contributed by atoms with Gasteiger partial charge in [-0.3, -0.25) is 0 Å². The van der Waals surface area contributed by atoms with Gasteiger partial charge < -0.3 is 10.5 Å². The Bertz CT molecular complexity index is 367. The van der Waals surface area contributed by atoms with Gasteiger partial charge in [-0.1, -0.05) is 24.3 Å². The molecule has 2 N–H and O–H groups in total. The van der Waals surface area contributed by atoms with Crippen molar-refractivity contribution in [3.8, 4) is 0 Å². The molecular weight excluding hydrogens is 197 g/mol. The Morgan fingerprint density at radius 2 is 2.13 bits per heavy atom. The zero-order valence-corrected chi connectivity index (χ0v) is 8.79. The average Bonchev–Trinajstić information content (AvgIpc) is 2.27. The van der Waals surface area contributed by atoms with Gasteiger partial charge in [0.15, 0.2) is 5.54 Å². The van der Waals surface area contributed by atoms with E-state index in [-0.39, 0.29) is 0 Å². The van der Waals surface area contributed by atoms with Crippen LogP contribution in [0, 0.1) is 6.92 Å².